The van der Waals surface area contributed by atoms with E-state index < -0.39 is 22.6 Å². The Hall–Kier alpha value is -0.340. The SMILES string of the molecule is CCCNCC(CCOCC(F)(F)F)C1CCS(=O)(=O)C1. The molecule has 1 rings (SSSR count). The number of nitrogens with one attached hydrogen (secondary N) is 1. The Bertz CT molecular complexity index is 398. The number of hydrogen-bond acceptors (Lipinski definition) is 4. The van der Waals surface area contributed by atoms with E-state index in [1.807, 2.05) is 6.92 Å². The lowest BCUT2D eigenvalue weighted by molar-refractivity contribution is -0.174. The molecule has 1 saturated heterocycles. The first kappa shape index (κ1) is 18.7. The molecule has 1 aliphatic heterocycles. The summed E-state index contributed by atoms with van der Waals surface area (Å²) in [5.41, 5.74) is 0. The Morgan fingerprint density at radius 1 is 1.38 bits per heavy atom. The van der Waals surface area contributed by atoms with Crippen LogP contribution in [0.15, 0.2) is 0 Å². The van der Waals surface area contributed by atoms with E-state index >= 15 is 0 Å². The van der Waals surface area contributed by atoms with E-state index in [0.29, 0.717) is 19.4 Å². The van der Waals surface area contributed by atoms with Gasteiger partial charge in [-0.25, -0.2) is 8.42 Å². The van der Waals surface area contributed by atoms with Crippen molar-refractivity contribution in [2.45, 2.75) is 32.4 Å². The Balaban J connectivity index is 2.41. The molecule has 1 N–H and O–H groups in total. The van der Waals surface area contributed by atoms with Crippen molar-refractivity contribution >= 4 is 9.84 Å². The van der Waals surface area contributed by atoms with Crippen LogP contribution in [0.5, 0.6) is 0 Å². The fourth-order valence-electron chi connectivity index (χ4n) is 2.59. The standard InChI is InChI=1S/C13H24F3NO3S/c1-2-5-17-8-11(3-6-20-10-13(14,15)16)12-4-7-21(18,19)9-12/h11-12,17H,2-10H2,1H3. The molecule has 0 aromatic carbocycles. The zero-order chi connectivity index (χ0) is 15.9. The molecule has 2 unspecified atom stereocenters. The maximum absolute atomic E-state index is 12.0. The summed E-state index contributed by atoms with van der Waals surface area (Å²) in [6, 6.07) is 0. The number of rotatable bonds is 9. The normalized spacial score (nSPS) is 23.3. The van der Waals surface area contributed by atoms with Crippen molar-refractivity contribution in [2.24, 2.45) is 11.8 Å². The summed E-state index contributed by atoms with van der Waals surface area (Å²) in [4.78, 5) is 0. The molecule has 8 heteroatoms. The number of sulfone groups is 1. The van der Waals surface area contributed by atoms with Crippen LogP contribution in [-0.2, 0) is 14.6 Å². The number of hydrogen-bond donors (Lipinski definition) is 1. The van der Waals surface area contributed by atoms with E-state index in [0.717, 1.165) is 13.0 Å². The van der Waals surface area contributed by atoms with Crippen LogP contribution in [0.4, 0.5) is 13.2 Å². The number of halogens is 3. The minimum Gasteiger partial charge on any atom is -0.372 e. The van der Waals surface area contributed by atoms with Crippen LogP contribution in [-0.4, -0.2) is 52.4 Å². The van der Waals surface area contributed by atoms with Crippen molar-refractivity contribution in [2.75, 3.05) is 37.8 Å². The van der Waals surface area contributed by atoms with Crippen molar-refractivity contribution in [3.05, 3.63) is 0 Å². The summed E-state index contributed by atoms with van der Waals surface area (Å²) >= 11 is 0. The van der Waals surface area contributed by atoms with Crippen LogP contribution in [0, 0.1) is 11.8 Å². The maximum Gasteiger partial charge on any atom is 0.411 e. The highest BCUT2D eigenvalue weighted by Crippen LogP contribution is 2.28. The summed E-state index contributed by atoms with van der Waals surface area (Å²) in [6.07, 6.45) is -2.31. The van der Waals surface area contributed by atoms with Gasteiger partial charge in [-0.05, 0) is 44.2 Å². The van der Waals surface area contributed by atoms with Crippen LogP contribution >= 0.6 is 0 Å². The topological polar surface area (TPSA) is 55.4 Å². The molecule has 4 nitrogen and oxygen atoms in total. The first-order valence-electron chi connectivity index (χ1n) is 7.29. The summed E-state index contributed by atoms with van der Waals surface area (Å²) in [5.74, 6) is 0.395. The van der Waals surface area contributed by atoms with Gasteiger partial charge >= 0.3 is 6.18 Å². The molecule has 0 spiro atoms. The first-order chi connectivity index (χ1) is 9.73. The zero-order valence-corrected chi connectivity index (χ0v) is 13.1. The molecule has 0 aliphatic carbocycles. The fourth-order valence-corrected chi connectivity index (χ4v) is 4.51. The molecule has 1 heterocycles. The van der Waals surface area contributed by atoms with Crippen LogP contribution in [0.3, 0.4) is 0 Å². The Labute approximate surface area is 124 Å². The third kappa shape index (κ3) is 8.01. The average Bonchev–Trinajstić information content (AvgIpc) is 2.71. The molecule has 21 heavy (non-hydrogen) atoms. The van der Waals surface area contributed by atoms with Crippen molar-refractivity contribution in [1.29, 1.82) is 0 Å². The van der Waals surface area contributed by atoms with E-state index in [9.17, 15) is 21.6 Å². The minimum atomic E-state index is -4.31. The quantitative estimate of drug-likeness (QED) is 0.657. The summed E-state index contributed by atoms with van der Waals surface area (Å²) in [5, 5.41) is 3.22. The van der Waals surface area contributed by atoms with E-state index in [-0.39, 0.29) is 29.9 Å². The summed E-state index contributed by atoms with van der Waals surface area (Å²) in [7, 11) is -2.97. The molecular formula is C13H24F3NO3S. The van der Waals surface area contributed by atoms with Gasteiger partial charge in [0, 0.05) is 6.61 Å². The van der Waals surface area contributed by atoms with Crippen molar-refractivity contribution in [3.8, 4) is 0 Å². The molecule has 0 amide bonds. The van der Waals surface area contributed by atoms with Gasteiger partial charge in [0.05, 0.1) is 11.5 Å². The van der Waals surface area contributed by atoms with Crippen molar-refractivity contribution in [3.63, 3.8) is 0 Å². The highest BCUT2D eigenvalue weighted by atomic mass is 32.2. The third-order valence-electron chi connectivity index (χ3n) is 3.67. The van der Waals surface area contributed by atoms with E-state index in [1.165, 1.54) is 0 Å². The molecule has 0 radical (unpaired) electrons. The van der Waals surface area contributed by atoms with Gasteiger partial charge in [-0.1, -0.05) is 6.92 Å². The highest BCUT2D eigenvalue weighted by Gasteiger charge is 2.33. The molecule has 126 valence electrons. The van der Waals surface area contributed by atoms with Gasteiger partial charge in [0.25, 0.3) is 0 Å². The maximum atomic E-state index is 12.0. The van der Waals surface area contributed by atoms with Crippen molar-refractivity contribution < 1.29 is 26.3 Å². The van der Waals surface area contributed by atoms with Crippen LogP contribution in [0.1, 0.15) is 26.2 Å². The van der Waals surface area contributed by atoms with Crippen LogP contribution < -0.4 is 5.32 Å². The second-order valence-corrected chi connectivity index (χ2v) is 7.81. The number of ether oxygens (including phenoxy) is 1. The molecule has 1 aliphatic rings. The highest BCUT2D eigenvalue weighted by molar-refractivity contribution is 7.91. The summed E-state index contributed by atoms with van der Waals surface area (Å²) < 4.78 is 63.8. The molecule has 0 saturated carbocycles. The predicted molar refractivity (Wildman–Crippen MR) is 74.9 cm³/mol. The number of alkyl halides is 3. The molecule has 2 atom stereocenters. The fraction of sp³-hybridized carbons (Fsp3) is 1.00. The Morgan fingerprint density at radius 3 is 2.62 bits per heavy atom. The lowest BCUT2D eigenvalue weighted by atomic mass is 9.89. The van der Waals surface area contributed by atoms with E-state index in [1.54, 1.807) is 0 Å². The minimum absolute atomic E-state index is 0.00846. The monoisotopic (exact) mass is 331 g/mol. The molecule has 0 bridgehead atoms. The Morgan fingerprint density at radius 2 is 2.10 bits per heavy atom. The lowest BCUT2D eigenvalue weighted by Crippen LogP contribution is -2.31. The third-order valence-corrected chi connectivity index (χ3v) is 5.46. The second-order valence-electron chi connectivity index (χ2n) is 5.58. The largest absolute Gasteiger partial charge is 0.411 e. The van der Waals surface area contributed by atoms with Gasteiger partial charge in [-0.15, -0.1) is 0 Å². The van der Waals surface area contributed by atoms with Gasteiger partial charge in [0.1, 0.15) is 6.61 Å². The zero-order valence-electron chi connectivity index (χ0n) is 12.3. The van der Waals surface area contributed by atoms with Gasteiger partial charge in [-0.3, -0.25) is 0 Å². The van der Waals surface area contributed by atoms with E-state index in [4.69, 9.17) is 0 Å². The lowest BCUT2D eigenvalue weighted by Gasteiger charge is -2.23. The van der Waals surface area contributed by atoms with Gasteiger partial charge in [-0.2, -0.15) is 13.2 Å². The molecule has 0 aromatic rings. The summed E-state index contributed by atoms with van der Waals surface area (Å²) in [6.45, 7) is 2.23. The van der Waals surface area contributed by atoms with Crippen LogP contribution in [0.25, 0.3) is 0 Å². The molecular weight excluding hydrogens is 307 g/mol. The first-order valence-corrected chi connectivity index (χ1v) is 9.11. The average molecular weight is 331 g/mol. The molecule has 1 fully saturated rings. The van der Waals surface area contributed by atoms with Gasteiger partial charge in [0.15, 0.2) is 9.84 Å². The smallest absolute Gasteiger partial charge is 0.372 e. The Kier molecular flexibility index (Phi) is 7.42. The van der Waals surface area contributed by atoms with Gasteiger partial charge < -0.3 is 10.1 Å². The predicted octanol–water partition coefficient (Wildman–Crippen LogP) is 2.01. The van der Waals surface area contributed by atoms with Crippen molar-refractivity contribution in [1.82, 2.24) is 5.32 Å². The van der Waals surface area contributed by atoms with Crippen LogP contribution in [0.2, 0.25) is 0 Å². The van der Waals surface area contributed by atoms with Gasteiger partial charge in [0.2, 0.25) is 0 Å². The molecule has 0 aromatic heterocycles. The second kappa shape index (κ2) is 8.33. The van der Waals surface area contributed by atoms with E-state index in [2.05, 4.69) is 10.1 Å².